The summed E-state index contributed by atoms with van der Waals surface area (Å²) in [5.41, 5.74) is 0.811. The number of aromatic nitrogens is 1. The molecule has 0 bridgehead atoms. The summed E-state index contributed by atoms with van der Waals surface area (Å²) in [5.74, 6) is -1.09. The molecule has 1 aliphatic rings. The molecule has 28 heavy (non-hydrogen) atoms. The molecule has 150 valence electrons. The van der Waals surface area contributed by atoms with Crippen LogP contribution in [0.2, 0.25) is 0 Å². The van der Waals surface area contributed by atoms with Crippen LogP contribution in [-0.2, 0) is 24.3 Å². The summed E-state index contributed by atoms with van der Waals surface area (Å²) in [4.78, 5) is 24.4. The zero-order valence-corrected chi connectivity index (χ0v) is 16.4. The fourth-order valence-electron chi connectivity index (χ4n) is 3.17. The van der Waals surface area contributed by atoms with Crippen LogP contribution < -0.4 is 5.32 Å². The van der Waals surface area contributed by atoms with E-state index in [1.165, 1.54) is 13.8 Å². The van der Waals surface area contributed by atoms with Gasteiger partial charge in [-0.05, 0) is 38.8 Å². The van der Waals surface area contributed by atoms with Crippen molar-refractivity contribution in [1.82, 2.24) is 9.46 Å². The number of amides is 1. The fourth-order valence-corrected chi connectivity index (χ4v) is 5.12. The van der Waals surface area contributed by atoms with Crippen molar-refractivity contribution in [2.45, 2.75) is 37.6 Å². The number of carbonyl (C=O) groups is 2. The first-order valence-corrected chi connectivity index (χ1v) is 10.2. The van der Waals surface area contributed by atoms with Crippen LogP contribution in [0.3, 0.4) is 0 Å². The van der Waals surface area contributed by atoms with Gasteiger partial charge in [0.05, 0.1) is 0 Å². The van der Waals surface area contributed by atoms with E-state index in [2.05, 4.69) is 10.5 Å². The van der Waals surface area contributed by atoms with E-state index in [9.17, 15) is 18.0 Å². The molecular weight excluding hydrogens is 386 g/mol. The highest BCUT2D eigenvalue weighted by molar-refractivity contribution is 7.89. The van der Waals surface area contributed by atoms with Crippen LogP contribution in [0.4, 0.5) is 5.69 Å². The number of rotatable bonds is 6. The Hall–Kier alpha value is -2.72. The standard InChI is InChI=1S/C18H21N3O6S/c1-12-17(13(2)27-20-12)28(24,25)21-10-6-9-15(21)18(23)26-11-16(22)19-14-7-4-3-5-8-14/h3-5,7-8,15H,6,9-11H2,1-2H3,(H,19,22)/t15-/m0/s1. The lowest BCUT2D eigenvalue weighted by Gasteiger charge is -2.22. The predicted molar refractivity (Wildman–Crippen MR) is 98.9 cm³/mol. The van der Waals surface area contributed by atoms with Gasteiger partial charge in [0.1, 0.15) is 16.6 Å². The molecular formula is C18H21N3O6S. The molecule has 1 aromatic heterocycles. The lowest BCUT2D eigenvalue weighted by atomic mass is 10.2. The maximum Gasteiger partial charge on any atom is 0.324 e. The number of anilines is 1. The van der Waals surface area contributed by atoms with Gasteiger partial charge in [-0.25, -0.2) is 8.42 Å². The largest absolute Gasteiger partial charge is 0.454 e. The van der Waals surface area contributed by atoms with Crippen LogP contribution in [0.25, 0.3) is 0 Å². The Bertz CT molecular complexity index is 951. The minimum atomic E-state index is -3.96. The van der Waals surface area contributed by atoms with E-state index in [-0.39, 0.29) is 22.9 Å². The van der Waals surface area contributed by atoms with E-state index in [0.29, 0.717) is 18.5 Å². The van der Waals surface area contributed by atoms with Crippen molar-refractivity contribution in [1.29, 1.82) is 0 Å². The second-order valence-electron chi connectivity index (χ2n) is 6.45. The Morgan fingerprint density at radius 1 is 1.29 bits per heavy atom. The van der Waals surface area contributed by atoms with Crippen LogP contribution in [0.5, 0.6) is 0 Å². The third-order valence-corrected chi connectivity index (χ3v) is 6.57. The lowest BCUT2D eigenvalue weighted by Crippen LogP contribution is -2.42. The molecule has 2 heterocycles. The number of nitrogens with one attached hydrogen (secondary N) is 1. The number of benzene rings is 1. The van der Waals surface area contributed by atoms with Gasteiger partial charge in [-0.1, -0.05) is 23.4 Å². The Labute approximate surface area is 162 Å². The molecule has 1 aliphatic heterocycles. The maximum absolute atomic E-state index is 13.0. The van der Waals surface area contributed by atoms with Crippen LogP contribution >= 0.6 is 0 Å². The van der Waals surface area contributed by atoms with Crippen molar-refractivity contribution in [3.8, 4) is 0 Å². The smallest absolute Gasteiger partial charge is 0.324 e. The number of nitrogens with zero attached hydrogens (tertiary/aromatic N) is 2. The summed E-state index contributed by atoms with van der Waals surface area (Å²) in [6.45, 7) is 2.72. The van der Waals surface area contributed by atoms with Gasteiger partial charge in [0, 0.05) is 12.2 Å². The topological polar surface area (TPSA) is 119 Å². The molecule has 1 N–H and O–H groups in total. The molecule has 1 fully saturated rings. The molecule has 9 nitrogen and oxygen atoms in total. The van der Waals surface area contributed by atoms with Crippen molar-refractivity contribution < 1.29 is 27.3 Å². The Morgan fingerprint density at radius 2 is 2.00 bits per heavy atom. The molecule has 3 rings (SSSR count). The Balaban J connectivity index is 1.65. The zero-order valence-electron chi connectivity index (χ0n) is 15.5. The van der Waals surface area contributed by atoms with E-state index >= 15 is 0 Å². The number of sulfonamides is 1. The van der Waals surface area contributed by atoms with Crippen molar-refractivity contribution in [2.75, 3.05) is 18.5 Å². The Kier molecular flexibility index (Phi) is 5.80. The van der Waals surface area contributed by atoms with Gasteiger partial charge >= 0.3 is 5.97 Å². The van der Waals surface area contributed by atoms with Crippen LogP contribution in [-0.4, -0.2) is 48.9 Å². The number of esters is 1. The monoisotopic (exact) mass is 407 g/mol. The van der Waals surface area contributed by atoms with Crippen molar-refractivity contribution in [2.24, 2.45) is 0 Å². The molecule has 0 aliphatic carbocycles. The minimum absolute atomic E-state index is 0.0333. The summed E-state index contributed by atoms with van der Waals surface area (Å²) in [6.07, 6.45) is 0.834. The molecule has 0 radical (unpaired) electrons. The van der Waals surface area contributed by atoms with Gasteiger partial charge in [-0.2, -0.15) is 4.31 Å². The quantitative estimate of drug-likeness (QED) is 0.723. The average Bonchev–Trinajstić information content (AvgIpc) is 3.28. The molecule has 2 aromatic rings. The molecule has 0 spiro atoms. The van der Waals surface area contributed by atoms with Crippen molar-refractivity contribution >= 4 is 27.6 Å². The minimum Gasteiger partial charge on any atom is -0.454 e. The summed E-state index contributed by atoms with van der Waals surface area (Å²) >= 11 is 0. The second kappa shape index (κ2) is 8.11. The van der Waals surface area contributed by atoms with Gasteiger partial charge in [0.15, 0.2) is 12.4 Å². The first-order valence-electron chi connectivity index (χ1n) is 8.77. The summed E-state index contributed by atoms with van der Waals surface area (Å²) < 4.78 is 37.0. The predicted octanol–water partition coefficient (Wildman–Crippen LogP) is 1.63. The summed E-state index contributed by atoms with van der Waals surface area (Å²) in [6, 6.07) is 7.76. The van der Waals surface area contributed by atoms with E-state index in [1.807, 2.05) is 6.07 Å². The number of carbonyl (C=O) groups excluding carboxylic acids is 2. The zero-order chi connectivity index (χ0) is 20.3. The second-order valence-corrected chi connectivity index (χ2v) is 8.28. The van der Waals surface area contributed by atoms with Crippen LogP contribution in [0, 0.1) is 13.8 Å². The highest BCUT2D eigenvalue weighted by Gasteiger charge is 2.42. The molecule has 0 unspecified atom stereocenters. The van der Waals surface area contributed by atoms with Gasteiger partial charge in [0.25, 0.3) is 5.91 Å². The van der Waals surface area contributed by atoms with Gasteiger partial charge in [-0.3, -0.25) is 9.59 Å². The fraction of sp³-hybridized carbons (Fsp3) is 0.389. The highest BCUT2D eigenvalue weighted by Crippen LogP contribution is 2.30. The number of ether oxygens (including phenoxy) is 1. The first kappa shape index (κ1) is 20.0. The van der Waals surface area contributed by atoms with Gasteiger partial charge in [0.2, 0.25) is 10.0 Å². The third-order valence-electron chi connectivity index (χ3n) is 4.41. The SMILES string of the molecule is Cc1noc(C)c1S(=O)(=O)N1CCC[C@H]1C(=O)OCC(=O)Nc1ccccc1. The Morgan fingerprint density at radius 3 is 2.64 bits per heavy atom. The summed E-state index contributed by atoms with van der Waals surface area (Å²) in [7, 11) is -3.96. The molecule has 0 saturated carbocycles. The van der Waals surface area contributed by atoms with Gasteiger partial charge in [-0.15, -0.1) is 0 Å². The van der Waals surface area contributed by atoms with E-state index in [1.54, 1.807) is 24.3 Å². The number of para-hydroxylation sites is 1. The van der Waals surface area contributed by atoms with E-state index in [0.717, 1.165) is 4.31 Å². The normalized spacial score (nSPS) is 17.4. The van der Waals surface area contributed by atoms with E-state index in [4.69, 9.17) is 9.26 Å². The first-order chi connectivity index (χ1) is 13.3. The molecule has 1 amide bonds. The lowest BCUT2D eigenvalue weighted by molar-refractivity contribution is -0.150. The average molecular weight is 407 g/mol. The molecule has 1 atom stereocenters. The third kappa shape index (κ3) is 4.07. The molecule has 1 saturated heterocycles. The summed E-state index contributed by atoms with van der Waals surface area (Å²) in [5, 5.41) is 6.27. The van der Waals surface area contributed by atoms with Crippen LogP contribution in [0.15, 0.2) is 39.8 Å². The number of hydrogen-bond acceptors (Lipinski definition) is 7. The molecule has 1 aromatic carbocycles. The van der Waals surface area contributed by atoms with Crippen molar-refractivity contribution in [3.63, 3.8) is 0 Å². The van der Waals surface area contributed by atoms with Gasteiger partial charge < -0.3 is 14.6 Å². The van der Waals surface area contributed by atoms with Crippen LogP contribution in [0.1, 0.15) is 24.3 Å². The van der Waals surface area contributed by atoms with Crippen molar-refractivity contribution in [3.05, 3.63) is 41.8 Å². The highest BCUT2D eigenvalue weighted by atomic mass is 32.2. The van der Waals surface area contributed by atoms with E-state index < -0.39 is 34.5 Å². The molecule has 10 heteroatoms. The maximum atomic E-state index is 13.0. The number of aryl methyl sites for hydroxylation is 2. The number of hydrogen-bond donors (Lipinski definition) is 1.